The second kappa shape index (κ2) is 2.43. The number of esters is 1. The quantitative estimate of drug-likeness (QED) is 0.558. The van der Waals surface area contributed by atoms with Gasteiger partial charge in [-0.25, -0.2) is 4.79 Å². The van der Waals surface area contributed by atoms with E-state index < -0.39 is 23.5 Å². The lowest BCUT2D eigenvalue weighted by atomic mass is 10.0. The minimum Gasteiger partial charge on any atom is -0.460 e. The predicted octanol–water partition coefficient (Wildman–Crippen LogP) is -0.574. The van der Waals surface area contributed by atoms with Crippen LogP contribution in [-0.4, -0.2) is 41.8 Å². The Morgan fingerprint density at radius 3 is 2.85 bits per heavy atom. The molecule has 0 amide bonds. The topological polar surface area (TPSA) is 65.0 Å². The first-order valence-corrected chi connectivity index (χ1v) is 4.15. The van der Waals surface area contributed by atoms with Gasteiger partial charge in [-0.15, -0.1) is 0 Å². The van der Waals surface area contributed by atoms with Gasteiger partial charge in [0.25, 0.3) is 0 Å². The molecular weight excluding hydrogens is 176 g/mol. The van der Waals surface area contributed by atoms with Gasteiger partial charge < -0.3 is 19.3 Å². The maximum absolute atomic E-state index is 11.2. The summed E-state index contributed by atoms with van der Waals surface area (Å²) >= 11 is 0. The number of rotatable bonds is 1. The fraction of sp³-hybridized carbons (Fsp3) is 0.875. The van der Waals surface area contributed by atoms with E-state index in [0.29, 0.717) is 0 Å². The monoisotopic (exact) mass is 188 g/mol. The average molecular weight is 188 g/mol. The Kier molecular flexibility index (Phi) is 1.67. The number of carbonyl (C=O) groups excluding carboxylic acids is 1. The minimum atomic E-state index is -0.986. The normalized spacial score (nSPS) is 41.8. The number of ether oxygens (including phenoxy) is 3. The van der Waals surface area contributed by atoms with Crippen LogP contribution in [0.5, 0.6) is 0 Å². The highest BCUT2D eigenvalue weighted by molar-refractivity contribution is 5.79. The molecule has 0 aromatic heterocycles. The second-order valence-corrected chi connectivity index (χ2v) is 3.83. The van der Waals surface area contributed by atoms with Gasteiger partial charge in [0.1, 0.15) is 6.61 Å². The molecule has 1 N–H and O–H groups in total. The van der Waals surface area contributed by atoms with Gasteiger partial charge in [-0.3, -0.25) is 0 Å². The van der Waals surface area contributed by atoms with E-state index in [9.17, 15) is 4.79 Å². The Bertz CT molecular complexity index is 249. The smallest absolute Gasteiger partial charge is 0.338 e. The SMILES string of the molecule is CC1(C)O[C@H]2C(=O)OC[C@@]2(CO)O1. The minimum absolute atomic E-state index is 0.0659. The molecule has 0 aliphatic carbocycles. The van der Waals surface area contributed by atoms with Crippen LogP contribution in [0.4, 0.5) is 0 Å². The Balaban J connectivity index is 2.29. The predicted molar refractivity (Wildman–Crippen MR) is 40.8 cm³/mol. The Labute approximate surface area is 75.6 Å². The molecule has 0 saturated carbocycles. The largest absolute Gasteiger partial charge is 0.460 e. The van der Waals surface area contributed by atoms with Gasteiger partial charge in [-0.05, 0) is 13.8 Å². The van der Waals surface area contributed by atoms with Crippen molar-refractivity contribution in [2.45, 2.75) is 31.3 Å². The molecule has 0 unspecified atom stereocenters. The van der Waals surface area contributed by atoms with Crippen LogP contribution < -0.4 is 0 Å². The summed E-state index contributed by atoms with van der Waals surface area (Å²) in [4.78, 5) is 11.2. The van der Waals surface area contributed by atoms with Crippen molar-refractivity contribution in [1.82, 2.24) is 0 Å². The summed E-state index contributed by atoms with van der Waals surface area (Å²) in [6.07, 6.45) is -0.785. The number of carbonyl (C=O) groups is 1. The Hall–Kier alpha value is -0.650. The number of fused-ring (bicyclic) bond motifs is 1. The van der Waals surface area contributed by atoms with Crippen LogP contribution >= 0.6 is 0 Å². The van der Waals surface area contributed by atoms with Crippen LogP contribution in [0.25, 0.3) is 0 Å². The zero-order chi connectivity index (χ0) is 9.69. The molecular formula is C8H12O5. The van der Waals surface area contributed by atoms with Gasteiger partial charge in [0.05, 0.1) is 6.61 Å². The fourth-order valence-corrected chi connectivity index (χ4v) is 1.76. The molecule has 0 aromatic carbocycles. The highest BCUT2D eigenvalue weighted by Crippen LogP contribution is 2.40. The van der Waals surface area contributed by atoms with E-state index in [2.05, 4.69) is 0 Å². The lowest BCUT2D eigenvalue weighted by molar-refractivity contribution is -0.193. The van der Waals surface area contributed by atoms with E-state index >= 15 is 0 Å². The fourth-order valence-electron chi connectivity index (χ4n) is 1.76. The molecule has 2 rings (SSSR count). The number of hydrogen-bond acceptors (Lipinski definition) is 5. The van der Waals surface area contributed by atoms with Crippen LogP contribution in [0.2, 0.25) is 0 Å². The first-order chi connectivity index (χ1) is 5.99. The van der Waals surface area contributed by atoms with E-state index in [4.69, 9.17) is 19.3 Å². The average Bonchev–Trinajstić information content (AvgIpc) is 2.47. The van der Waals surface area contributed by atoms with Crippen molar-refractivity contribution in [1.29, 1.82) is 0 Å². The summed E-state index contributed by atoms with van der Waals surface area (Å²) in [5, 5.41) is 9.14. The highest BCUT2D eigenvalue weighted by Gasteiger charge is 2.61. The van der Waals surface area contributed by atoms with Crippen molar-refractivity contribution in [3.8, 4) is 0 Å². The molecule has 74 valence electrons. The lowest BCUT2D eigenvalue weighted by Gasteiger charge is -2.23. The van der Waals surface area contributed by atoms with Crippen molar-refractivity contribution in [3.05, 3.63) is 0 Å². The summed E-state index contributed by atoms with van der Waals surface area (Å²) in [5.74, 6) is -1.29. The molecule has 0 spiro atoms. The maximum atomic E-state index is 11.2. The van der Waals surface area contributed by atoms with E-state index in [-0.39, 0.29) is 13.2 Å². The molecule has 2 saturated heterocycles. The first-order valence-electron chi connectivity index (χ1n) is 4.15. The van der Waals surface area contributed by atoms with E-state index in [0.717, 1.165) is 0 Å². The van der Waals surface area contributed by atoms with Gasteiger partial charge in [0, 0.05) is 0 Å². The zero-order valence-corrected chi connectivity index (χ0v) is 7.57. The summed E-state index contributed by atoms with van der Waals surface area (Å²) in [7, 11) is 0. The molecule has 0 aromatic rings. The molecule has 5 nitrogen and oxygen atoms in total. The van der Waals surface area contributed by atoms with Gasteiger partial charge in [-0.1, -0.05) is 0 Å². The van der Waals surface area contributed by atoms with Crippen molar-refractivity contribution < 1.29 is 24.1 Å². The maximum Gasteiger partial charge on any atom is 0.338 e. The number of hydrogen-bond donors (Lipinski definition) is 1. The summed E-state index contributed by atoms with van der Waals surface area (Å²) in [5.41, 5.74) is -0.986. The molecule has 5 heteroatoms. The summed E-state index contributed by atoms with van der Waals surface area (Å²) in [6, 6.07) is 0. The van der Waals surface area contributed by atoms with Crippen LogP contribution in [0, 0.1) is 0 Å². The number of aliphatic hydroxyl groups excluding tert-OH is 1. The van der Waals surface area contributed by atoms with E-state index in [1.807, 2.05) is 0 Å². The standard InChI is InChI=1S/C8H12O5/c1-7(2)12-5-6(10)11-4-8(5,3-9)13-7/h5,9H,3-4H2,1-2H3/t5-,8+/m0/s1. The van der Waals surface area contributed by atoms with E-state index in [1.165, 1.54) is 0 Å². The zero-order valence-electron chi connectivity index (χ0n) is 7.57. The molecule has 2 fully saturated rings. The first kappa shape index (κ1) is 8.93. The number of aliphatic hydroxyl groups is 1. The molecule has 2 atom stereocenters. The van der Waals surface area contributed by atoms with Gasteiger partial charge in [0.15, 0.2) is 17.5 Å². The van der Waals surface area contributed by atoms with Gasteiger partial charge in [-0.2, -0.15) is 0 Å². The van der Waals surface area contributed by atoms with Crippen molar-refractivity contribution in [2.75, 3.05) is 13.2 Å². The third-order valence-electron chi connectivity index (χ3n) is 2.27. The molecule has 13 heavy (non-hydrogen) atoms. The van der Waals surface area contributed by atoms with Crippen molar-refractivity contribution in [3.63, 3.8) is 0 Å². The third-order valence-corrected chi connectivity index (χ3v) is 2.27. The van der Waals surface area contributed by atoms with E-state index in [1.54, 1.807) is 13.8 Å². The van der Waals surface area contributed by atoms with Crippen molar-refractivity contribution >= 4 is 5.97 Å². The summed E-state index contributed by atoms with van der Waals surface area (Å²) < 4.78 is 15.5. The van der Waals surface area contributed by atoms with Crippen LogP contribution in [0.1, 0.15) is 13.8 Å². The third kappa shape index (κ3) is 1.15. The molecule has 2 aliphatic heterocycles. The Morgan fingerprint density at radius 2 is 2.31 bits per heavy atom. The highest BCUT2D eigenvalue weighted by atomic mass is 16.8. The number of cyclic esters (lactones) is 1. The van der Waals surface area contributed by atoms with Crippen LogP contribution in [0.15, 0.2) is 0 Å². The van der Waals surface area contributed by atoms with Gasteiger partial charge in [0.2, 0.25) is 0 Å². The Morgan fingerprint density at radius 1 is 1.62 bits per heavy atom. The van der Waals surface area contributed by atoms with Gasteiger partial charge >= 0.3 is 5.97 Å². The van der Waals surface area contributed by atoms with Crippen LogP contribution in [0.3, 0.4) is 0 Å². The lowest BCUT2D eigenvalue weighted by Crippen LogP contribution is -2.44. The molecule has 0 radical (unpaired) electrons. The second-order valence-electron chi connectivity index (χ2n) is 3.83. The summed E-state index contributed by atoms with van der Waals surface area (Å²) in [6.45, 7) is 3.20. The van der Waals surface area contributed by atoms with Crippen molar-refractivity contribution in [2.24, 2.45) is 0 Å². The van der Waals surface area contributed by atoms with Crippen LogP contribution in [-0.2, 0) is 19.0 Å². The molecule has 2 aliphatic rings. The molecule has 0 bridgehead atoms. The molecule has 2 heterocycles.